The predicted octanol–water partition coefficient (Wildman–Crippen LogP) is 5.47. The van der Waals surface area contributed by atoms with Crippen molar-refractivity contribution in [2.45, 2.75) is 12.7 Å². The Hall–Kier alpha value is -2.07. The molecule has 2 aromatic carbocycles. The summed E-state index contributed by atoms with van der Waals surface area (Å²) in [7, 11) is 0. The minimum atomic E-state index is -4.61. The molecule has 0 spiro atoms. The van der Waals surface area contributed by atoms with Gasteiger partial charge in [-0.15, -0.1) is 0 Å². The third-order valence-electron chi connectivity index (χ3n) is 2.91. The van der Waals surface area contributed by atoms with Crippen molar-refractivity contribution < 1.29 is 13.2 Å². The zero-order valence-corrected chi connectivity index (χ0v) is 12.3. The van der Waals surface area contributed by atoms with Gasteiger partial charge in [-0.3, -0.25) is 4.99 Å². The molecule has 0 aliphatic heterocycles. The van der Waals surface area contributed by atoms with Crippen LogP contribution in [0.2, 0.25) is 0 Å². The number of allylic oxidation sites excluding steroid dienone is 2. The number of aliphatic imine (C=N–C) groups is 1. The van der Waals surface area contributed by atoms with Crippen molar-refractivity contribution in [1.82, 2.24) is 0 Å². The maximum absolute atomic E-state index is 12.9. The predicted molar refractivity (Wildman–Crippen MR) is 83.9 cm³/mol. The summed E-state index contributed by atoms with van der Waals surface area (Å²) in [5.74, 6) is 0. The highest BCUT2D eigenvalue weighted by Gasteiger charge is 2.35. The van der Waals surface area contributed by atoms with Gasteiger partial charge in [-0.1, -0.05) is 72.3 Å². The largest absolute Gasteiger partial charge is 0.427 e. The SMILES string of the molecule is FC(F)(F)/C(Cl)=C(\C=NCc1ccccc1)c1ccccc1. The number of alkyl halides is 3. The molecule has 1 nitrogen and oxygen atoms in total. The first-order valence-electron chi connectivity index (χ1n) is 6.54. The summed E-state index contributed by atoms with van der Waals surface area (Å²) < 4.78 is 38.7. The van der Waals surface area contributed by atoms with E-state index in [9.17, 15) is 13.2 Å². The summed E-state index contributed by atoms with van der Waals surface area (Å²) in [4.78, 5) is 4.09. The molecule has 0 bridgehead atoms. The summed E-state index contributed by atoms with van der Waals surface area (Å²) in [6.45, 7) is 0.291. The maximum atomic E-state index is 12.9. The molecule has 0 atom stereocenters. The summed E-state index contributed by atoms with van der Waals surface area (Å²) >= 11 is 5.50. The fourth-order valence-corrected chi connectivity index (χ4v) is 2.01. The van der Waals surface area contributed by atoms with Gasteiger partial charge in [0.25, 0.3) is 0 Å². The maximum Gasteiger partial charge on any atom is 0.427 e. The number of hydrogen-bond acceptors (Lipinski definition) is 1. The Morgan fingerprint density at radius 1 is 0.955 bits per heavy atom. The summed E-state index contributed by atoms with van der Waals surface area (Å²) in [5, 5.41) is -1.17. The second-order valence-corrected chi connectivity index (χ2v) is 4.92. The number of hydrogen-bond donors (Lipinski definition) is 0. The molecule has 114 valence electrons. The Morgan fingerprint density at radius 2 is 1.50 bits per heavy atom. The monoisotopic (exact) mass is 323 g/mol. The lowest BCUT2D eigenvalue weighted by molar-refractivity contribution is -0.0838. The number of rotatable bonds is 4. The lowest BCUT2D eigenvalue weighted by Gasteiger charge is -2.10. The Kier molecular flexibility index (Phi) is 5.39. The number of halogens is 4. The molecule has 0 fully saturated rings. The van der Waals surface area contributed by atoms with Gasteiger partial charge < -0.3 is 0 Å². The van der Waals surface area contributed by atoms with Gasteiger partial charge in [0.1, 0.15) is 5.03 Å². The fourth-order valence-electron chi connectivity index (χ4n) is 1.85. The zero-order valence-electron chi connectivity index (χ0n) is 11.5. The van der Waals surface area contributed by atoms with Gasteiger partial charge >= 0.3 is 6.18 Å². The highest BCUT2D eigenvalue weighted by molar-refractivity contribution is 6.37. The van der Waals surface area contributed by atoms with Gasteiger partial charge in [0.2, 0.25) is 0 Å². The number of benzene rings is 2. The molecule has 0 saturated carbocycles. The fraction of sp³-hybridized carbons (Fsp3) is 0.118. The van der Waals surface area contributed by atoms with E-state index < -0.39 is 11.2 Å². The molecule has 0 heterocycles. The van der Waals surface area contributed by atoms with Gasteiger partial charge in [0.15, 0.2) is 0 Å². The van der Waals surface area contributed by atoms with E-state index in [1.807, 2.05) is 30.3 Å². The normalized spacial score (nSPS) is 13.3. The molecule has 0 aliphatic rings. The van der Waals surface area contributed by atoms with Crippen molar-refractivity contribution in [3.05, 3.63) is 76.8 Å². The molecule has 2 aromatic rings. The summed E-state index contributed by atoms with van der Waals surface area (Å²) in [6.07, 6.45) is -3.43. The molecule has 5 heteroatoms. The molecule has 22 heavy (non-hydrogen) atoms. The van der Waals surface area contributed by atoms with Crippen molar-refractivity contribution >= 4 is 23.4 Å². The van der Waals surface area contributed by atoms with E-state index in [2.05, 4.69) is 4.99 Å². The molecule has 0 saturated heterocycles. The van der Waals surface area contributed by atoms with E-state index in [0.29, 0.717) is 12.1 Å². The zero-order chi connectivity index (χ0) is 16.0. The average molecular weight is 324 g/mol. The van der Waals surface area contributed by atoms with Crippen molar-refractivity contribution in [2.75, 3.05) is 0 Å². The van der Waals surface area contributed by atoms with Gasteiger partial charge in [-0.2, -0.15) is 13.2 Å². The van der Waals surface area contributed by atoms with Gasteiger partial charge in [0.05, 0.1) is 6.54 Å². The van der Waals surface area contributed by atoms with Crippen LogP contribution in [0.15, 0.2) is 70.7 Å². The van der Waals surface area contributed by atoms with Crippen LogP contribution < -0.4 is 0 Å². The Morgan fingerprint density at radius 3 is 2.05 bits per heavy atom. The smallest absolute Gasteiger partial charge is 0.288 e. The van der Waals surface area contributed by atoms with Gasteiger partial charge in [-0.05, 0) is 11.1 Å². The third kappa shape index (κ3) is 4.46. The molecule has 2 rings (SSSR count). The molecular weight excluding hydrogens is 311 g/mol. The standard InChI is InChI=1S/C17H13ClF3N/c18-16(17(19,20)21)15(14-9-5-2-6-10-14)12-22-11-13-7-3-1-4-8-13/h1-10,12H,11H2/b16-15-,22-12?. The molecule has 0 aromatic heterocycles. The second-order valence-electron chi connectivity index (χ2n) is 4.55. The van der Waals surface area contributed by atoms with Crippen molar-refractivity contribution in [3.63, 3.8) is 0 Å². The van der Waals surface area contributed by atoms with E-state index in [4.69, 9.17) is 11.6 Å². The van der Waals surface area contributed by atoms with Crippen molar-refractivity contribution in [2.24, 2.45) is 4.99 Å². The van der Waals surface area contributed by atoms with Gasteiger partial charge in [-0.25, -0.2) is 0 Å². The quantitative estimate of drug-likeness (QED) is 0.662. The van der Waals surface area contributed by atoms with Crippen LogP contribution in [-0.4, -0.2) is 12.4 Å². The van der Waals surface area contributed by atoms with Crippen LogP contribution in [-0.2, 0) is 6.54 Å². The Bertz CT molecular complexity index is 661. The minimum absolute atomic E-state index is 0.134. The van der Waals surface area contributed by atoms with Crippen LogP contribution in [0.1, 0.15) is 11.1 Å². The Balaban J connectivity index is 2.30. The summed E-state index contributed by atoms with van der Waals surface area (Å²) in [6, 6.07) is 17.4. The number of nitrogens with zero attached hydrogens (tertiary/aromatic N) is 1. The van der Waals surface area contributed by atoms with E-state index in [0.717, 1.165) is 5.56 Å². The third-order valence-corrected chi connectivity index (χ3v) is 3.33. The molecule has 0 N–H and O–H groups in total. The van der Waals surface area contributed by atoms with Crippen molar-refractivity contribution in [1.29, 1.82) is 0 Å². The van der Waals surface area contributed by atoms with Crippen molar-refractivity contribution in [3.8, 4) is 0 Å². The summed E-state index contributed by atoms with van der Waals surface area (Å²) in [5.41, 5.74) is 1.15. The lowest BCUT2D eigenvalue weighted by Crippen LogP contribution is -2.10. The van der Waals surface area contributed by atoms with E-state index in [1.165, 1.54) is 6.21 Å². The van der Waals surface area contributed by atoms with E-state index >= 15 is 0 Å². The van der Waals surface area contributed by atoms with Gasteiger partial charge in [0, 0.05) is 11.8 Å². The van der Waals surface area contributed by atoms with Crippen LogP contribution in [0, 0.1) is 0 Å². The van der Waals surface area contributed by atoms with Crippen LogP contribution in [0.4, 0.5) is 13.2 Å². The van der Waals surface area contributed by atoms with E-state index in [-0.39, 0.29) is 5.57 Å². The highest BCUT2D eigenvalue weighted by atomic mass is 35.5. The molecular formula is C17H13ClF3N. The molecule has 0 amide bonds. The van der Waals surface area contributed by atoms with Crippen LogP contribution >= 0.6 is 11.6 Å². The minimum Gasteiger partial charge on any atom is -0.288 e. The molecule has 0 radical (unpaired) electrons. The lowest BCUT2D eigenvalue weighted by atomic mass is 10.1. The molecule has 0 aliphatic carbocycles. The molecule has 0 unspecified atom stereocenters. The van der Waals surface area contributed by atoms with Crippen LogP contribution in [0.3, 0.4) is 0 Å². The second kappa shape index (κ2) is 7.27. The van der Waals surface area contributed by atoms with E-state index in [1.54, 1.807) is 30.3 Å². The highest BCUT2D eigenvalue weighted by Crippen LogP contribution is 2.34. The topological polar surface area (TPSA) is 12.4 Å². The van der Waals surface area contributed by atoms with Crippen LogP contribution in [0.25, 0.3) is 5.57 Å². The Labute approximate surface area is 131 Å². The average Bonchev–Trinajstić information content (AvgIpc) is 2.52. The first kappa shape index (κ1) is 16.3. The first-order valence-corrected chi connectivity index (χ1v) is 6.92. The van der Waals surface area contributed by atoms with Crippen LogP contribution in [0.5, 0.6) is 0 Å². The first-order chi connectivity index (χ1) is 10.5.